The first-order valence-electron chi connectivity index (χ1n) is 8.03. The fourth-order valence-electron chi connectivity index (χ4n) is 3.17. The second kappa shape index (κ2) is 6.60. The Morgan fingerprint density at radius 2 is 1.93 bits per heavy atom. The van der Waals surface area contributed by atoms with Crippen LogP contribution in [0.4, 0.5) is 23.7 Å². The van der Waals surface area contributed by atoms with E-state index in [1.54, 1.807) is 25.4 Å². The molecule has 10 heteroatoms. The zero-order valence-corrected chi connectivity index (χ0v) is 14.2. The number of fused-ring (bicyclic) bond motifs is 1. The number of alkyl halides is 3. The van der Waals surface area contributed by atoms with Crippen molar-refractivity contribution in [3.63, 3.8) is 0 Å². The average molecular weight is 383 g/mol. The van der Waals surface area contributed by atoms with Gasteiger partial charge in [0.05, 0.1) is 11.8 Å². The molecule has 2 aromatic rings. The van der Waals surface area contributed by atoms with Crippen LogP contribution in [0.15, 0.2) is 35.3 Å². The summed E-state index contributed by atoms with van der Waals surface area (Å²) in [6.45, 7) is -1.28. The topological polar surface area (TPSA) is 91.6 Å². The second-order valence-corrected chi connectivity index (χ2v) is 6.46. The van der Waals surface area contributed by atoms with Crippen LogP contribution in [0.2, 0.25) is 0 Å². The Bertz CT molecular complexity index is 970. The summed E-state index contributed by atoms with van der Waals surface area (Å²) >= 11 is 0. The molecule has 2 atom stereocenters. The molecule has 0 unspecified atom stereocenters. The monoisotopic (exact) mass is 383 g/mol. The number of urea groups is 1. The Kier molecular flexibility index (Phi) is 4.58. The highest BCUT2D eigenvalue weighted by molar-refractivity contribution is 5.93. The van der Waals surface area contributed by atoms with Gasteiger partial charge in [-0.3, -0.25) is 9.59 Å². The zero-order valence-electron chi connectivity index (χ0n) is 14.2. The SMILES string of the molecule is Cn1ccc2ccc(NC(=O)N3C[C@@H](C(F)(F)F)[C@H](C(=O)O)C3)cc2c1=O. The van der Waals surface area contributed by atoms with Gasteiger partial charge in [0.1, 0.15) is 0 Å². The molecule has 0 bridgehead atoms. The van der Waals surface area contributed by atoms with Crippen molar-refractivity contribution >= 4 is 28.5 Å². The van der Waals surface area contributed by atoms with Crippen molar-refractivity contribution in [2.45, 2.75) is 6.18 Å². The maximum atomic E-state index is 13.0. The van der Waals surface area contributed by atoms with E-state index < -0.39 is 43.1 Å². The number of carboxylic acid groups (broad SMARTS) is 1. The number of pyridine rings is 1. The number of carbonyl (C=O) groups excluding carboxylic acids is 1. The highest BCUT2D eigenvalue weighted by Gasteiger charge is 2.53. The Morgan fingerprint density at radius 1 is 1.22 bits per heavy atom. The molecule has 0 saturated carbocycles. The summed E-state index contributed by atoms with van der Waals surface area (Å²) in [4.78, 5) is 36.4. The van der Waals surface area contributed by atoms with Gasteiger partial charge in [0.15, 0.2) is 0 Å². The molecular formula is C17H16F3N3O4. The average Bonchev–Trinajstić information content (AvgIpc) is 3.05. The number of amides is 2. The lowest BCUT2D eigenvalue weighted by Crippen LogP contribution is -2.35. The van der Waals surface area contributed by atoms with Gasteiger partial charge >= 0.3 is 18.2 Å². The minimum Gasteiger partial charge on any atom is -0.481 e. The van der Waals surface area contributed by atoms with Crippen LogP contribution in [0.25, 0.3) is 10.8 Å². The van der Waals surface area contributed by atoms with Crippen molar-refractivity contribution < 1.29 is 27.9 Å². The van der Waals surface area contributed by atoms with Crippen molar-refractivity contribution in [2.75, 3.05) is 18.4 Å². The van der Waals surface area contributed by atoms with E-state index in [0.29, 0.717) is 10.8 Å². The van der Waals surface area contributed by atoms with Gasteiger partial charge in [0.2, 0.25) is 0 Å². The van der Waals surface area contributed by atoms with Crippen LogP contribution < -0.4 is 10.9 Å². The first kappa shape index (κ1) is 18.7. The molecule has 2 amide bonds. The molecule has 1 aliphatic rings. The van der Waals surface area contributed by atoms with Crippen LogP contribution in [0.1, 0.15) is 0 Å². The highest BCUT2D eigenvalue weighted by atomic mass is 19.4. The van der Waals surface area contributed by atoms with Crippen molar-refractivity contribution in [3.8, 4) is 0 Å². The molecule has 0 spiro atoms. The summed E-state index contributed by atoms with van der Waals surface area (Å²) in [5, 5.41) is 12.4. The first-order valence-corrected chi connectivity index (χ1v) is 8.03. The second-order valence-electron chi connectivity index (χ2n) is 6.46. The zero-order chi connectivity index (χ0) is 19.9. The number of nitrogens with one attached hydrogen (secondary N) is 1. The van der Waals surface area contributed by atoms with Crippen molar-refractivity contribution in [2.24, 2.45) is 18.9 Å². The standard InChI is InChI=1S/C17H16F3N3O4/c1-22-5-4-9-2-3-10(6-11(9)14(22)24)21-16(27)23-7-12(15(25)26)13(8-23)17(18,19)20/h2-6,12-13H,7-8H2,1H3,(H,21,27)(H,25,26)/t12-,13-/m1/s1. The van der Waals surface area contributed by atoms with E-state index in [9.17, 15) is 27.6 Å². The number of likely N-dealkylation sites (tertiary alicyclic amines) is 1. The van der Waals surface area contributed by atoms with Gasteiger partial charge in [-0.05, 0) is 23.6 Å². The quantitative estimate of drug-likeness (QED) is 0.832. The molecule has 2 heterocycles. The number of hydrogen-bond donors (Lipinski definition) is 2. The van der Waals surface area contributed by atoms with Crippen LogP contribution in [0, 0.1) is 11.8 Å². The molecule has 1 fully saturated rings. The predicted octanol–water partition coefficient (Wildman–Crippen LogP) is 2.27. The number of rotatable bonds is 2. The summed E-state index contributed by atoms with van der Waals surface area (Å²) in [5.74, 6) is -5.42. The molecule has 2 N–H and O–H groups in total. The lowest BCUT2D eigenvalue weighted by Gasteiger charge is -2.19. The van der Waals surface area contributed by atoms with E-state index >= 15 is 0 Å². The Hall–Kier alpha value is -3.04. The normalized spacial score (nSPS) is 20.1. The minimum absolute atomic E-state index is 0.234. The lowest BCUT2D eigenvalue weighted by molar-refractivity contribution is -0.187. The predicted molar refractivity (Wildman–Crippen MR) is 90.5 cm³/mol. The van der Waals surface area contributed by atoms with E-state index in [0.717, 1.165) is 4.90 Å². The molecule has 27 heavy (non-hydrogen) atoms. The van der Waals surface area contributed by atoms with E-state index in [2.05, 4.69) is 5.32 Å². The number of benzene rings is 1. The molecule has 1 aromatic carbocycles. The van der Waals surface area contributed by atoms with Crippen LogP contribution in [0.5, 0.6) is 0 Å². The molecular weight excluding hydrogens is 367 g/mol. The van der Waals surface area contributed by atoms with Gasteiger partial charge in [-0.15, -0.1) is 0 Å². The Morgan fingerprint density at radius 3 is 2.52 bits per heavy atom. The van der Waals surface area contributed by atoms with Crippen LogP contribution in [-0.4, -0.2) is 45.8 Å². The van der Waals surface area contributed by atoms with Crippen LogP contribution in [-0.2, 0) is 11.8 Å². The molecule has 7 nitrogen and oxygen atoms in total. The summed E-state index contributed by atoms with van der Waals surface area (Å²) in [7, 11) is 1.57. The molecule has 1 aromatic heterocycles. The van der Waals surface area contributed by atoms with Gasteiger partial charge in [-0.25, -0.2) is 4.79 Å². The van der Waals surface area contributed by atoms with Gasteiger partial charge in [-0.1, -0.05) is 6.07 Å². The smallest absolute Gasteiger partial charge is 0.394 e. The fraction of sp³-hybridized carbons (Fsp3) is 0.353. The van der Waals surface area contributed by atoms with E-state index in [1.165, 1.54) is 16.7 Å². The van der Waals surface area contributed by atoms with E-state index in [1.807, 2.05) is 0 Å². The summed E-state index contributed by atoms with van der Waals surface area (Å²) in [6, 6.07) is 5.43. The first-order chi connectivity index (χ1) is 12.6. The molecule has 144 valence electrons. The Balaban J connectivity index is 1.81. The van der Waals surface area contributed by atoms with Crippen molar-refractivity contribution in [3.05, 3.63) is 40.8 Å². The number of anilines is 1. The van der Waals surface area contributed by atoms with Gasteiger partial charge in [-0.2, -0.15) is 13.2 Å². The largest absolute Gasteiger partial charge is 0.481 e. The van der Waals surface area contributed by atoms with Crippen LogP contribution in [0.3, 0.4) is 0 Å². The number of hydrogen-bond acceptors (Lipinski definition) is 3. The fourth-order valence-corrected chi connectivity index (χ4v) is 3.17. The molecule has 1 saturated heterocycles. The lowest BCUT2D eigenvalue weighted by atomic mass is 9.96. The third-order valence-electron chi connectivity index (χ3n) is 4.68. The Labute approximate surface area is 151 Å². The summed E-state index contributed by atoms with van der Waals surface area (Å²) in [6.07, 6.45) is -3.12. The summed E-state index contributed by atoms with van der Waals surface area (Å²) < 4.78 is 40.5. The number of carboxylic acids is 1. The van der Waals surface area contributed by atoms with Gasteiger partial charge in [0, 0.05) is 37.4 Å². The van der Waals surface area contributed by atoms with Gasteiger partial charge in [0.25, 0.3) is 5.56 Å². The maximum Gasteiger partial charge on any atom is 0.394 e. The van der Waals surface area contributed by atoms with E-state index in [4.69, 9.17) is 5.11 Å². The number of nitrogens with zero attached hydrogens (tertiary/aromatic N) is 2. The highest BCUT2D eigenvalue weighted by Crippen LogP contribution is 2.37. The summed E-state index contributed by atoms with van der Waals surface area (Å²) in [5.41, 5.74) is -0.0500. The molecule has 1 aliphatic heterocycles. The van der Waals surface area contributed by atoms with Crippen molar-refractivity contribution in [1.82, 2.24) is 9.47 Å². The van der Waals surface area contributed by atoms with Crippen LogP contribution >= 0.6 is 0 Å². The number of aliphatic carboxylic acids is 1. The molecule has 0 aliphatic carbocycles. The third kappa shape index (κ3) is 3.60. The van der Waals surface area contributed by atoms with Crippen molar-refractivity contribution in [1.29, 1.82) is 0 Å². The third-order valence-corrected chi connectivity index (χ3v) is 4.68. The number of aryl methyl sites for hydroxylation is 1. The van der Waals surface area contributed by atoms with E-state index in [-0.39, 0.29) is 11.2 Å². The number of carbonyl (C=O) groups is 2. The number of aromatic nitrogens is 1. The maximum absolute atomic E-state index is 13.0. The minimum atomic E-state index is -4.72. The van der Waals surface area contributed by atoms with Gasteiger partial charge < -0.3 is 19.9 Å². The molecule has 3 rings (SSSR count). The molecule has 0 radical (unpaired) electrons. The number of halogens is 3.